The third-order valence-electron chi connectivity index (χ3n) is 4.87. The number of H-pyrrole nitrogens is 1. The highest BCUT2D eigenvalue weighted by molar-refractivity contribution is 5.51. The number of likely N-dealkylation sites (tertiary alicyclic amines) is 1. The molecule has 0 amide bonds. The lowest BCUT2D eigenvalue weighted by Crippen LogP contribution is -2.34. The van der Waals surface area contributed by atoms with Gasteiger partial charge in [0.1, 0.15) is 17.9 Å². The molecule has 7 heteroatoms. The molecule has 1 aromatic heterocycles. The molecule has 2 aromatic rings. The molecule has 4 rings (SSSR count). The third-order valence-corrected chi connectivity index (χ3v) is 4.87. The quantitative estimate of drug-likeness (QED) is 0.918. The fraction of sp³-hybridized carbons (Fsp3) is 0.556. The van der Waals surface area contributed by atoms with Crippen molar-refractivity contribution in [3.63, 3.8) is 0 Å². The smallest absolute Gasteiger partial charge is 0.164 e. The van der Waals surface area contributed by atoms with Gasteiger partial charge in [-0.05, 0) is 25.5 Å². The second-order valence-electron chi connectivity index (χ2n) is 6.61. The van der Waals surface area contributed by atoms with Crippen LogP contribution in [0.25, 0.3) is 0 Å². The molecule has 0 bridgehead atoms. The van der Waals surface area contributed by atoms with Crippen molar-refractivity contribution < 1.29 is 14.2 Å². The number of nitrogens with one attached hydrogen (secondary N) is 1. The Kier molecular flexibility index (Phi) is 4.74. The number of fused-ring (bicyclic) bond motifs is 1. The molecule has 0 spiro atoms. The van der Waals surface area contributed by atoms with Crippen LogP contribution in [0.4, 0.5) is 0 Å². The van der Waals surface area contributed by atoms with Crippen LogP contribution in [0, 0.1) is 0 Å². The maximum absolute atomic E-state index is 5.84. The van der Waals surface area contributed by atoms with E-state index in [4.69, 9.17) is 14.2 Å². The van der Waals surface area contributed by atoms with Gasteiger partial charge in [0.2, 0.25) is 0 Å². The SMILES string of the molecule is COc1cc2c(cc1CN1CCCC(c3ncn[nH]3)C1)OCCCO2. The van der Waals surface area contributed by atoms with E-state index < -0.39 is 0 Å². The molecule has 0 saturated carbocycles. The molecule has 1 unspecified atom stereocenters. The van der Waals surface area contributed by atoms with E-state index in [0.717, 1.165) is 67.5 Å². The summed E-state index contributed by atoms with van der Waals surface area (Å²) >= 11 is 0. The zero-order valence-corrected chi connectivity index (χ0v) is 14.5. The first-order chi connectivity index (χ1) is 12.3. The first kappa shape index (κ1) is 16.2. The van der Waals surface area contributed by atoms with Gasteiger partial charge in [-0.2, -0.15) is 5.10 Å². The Balaban J connectivity index is 1.52. The number of piperidine rings is 1. The summed E-state index contributed by atoms with van der Waals surface area (Å²) in [6, 6.07) is 4.02. The molecule has 1 saturated heterocycles. The predicted octanol–water partition coefficient (Wildman–Crippen LogP) is 2.35. The fourth-order valence-electron chi connectivity index (χ4n) is 3.62. The van der Waals surface area contributed by atoms with E-state index in [1.54, 1.807) is 13.4 Å². The van der Waals surface area contributed by atoms with Crippen LogP contribution < -0.4 is 14.2 Å². The number of aromatic nitrogens is 3. The summed E-state index contributed by atoms with van der Waals surface area (Å²) in [5, 5.41) is 7.00. The Hall–Kier alpha value is -2.28. The number of ether oxygens (including phenoxy) is 3. The number of methoxy groups -OCH3 is 1. The van der Waals surface area contributed by atoms with Crippen LogP contribution >= 0.6 is 0 Å². The van der Waals surface area contributed by atoms with Crippen LogP contribution in [-0.4, -0.2) is 53.5 Å². The lowest BCUT2D eigenvalue weighted by atomic mass is 9.97. The van der Waals surface area contributed by atoms with Crippen molar-refractivity contribution in [1.29, 1.82) is 0 Å². The maximum atomic E-state index is 5.84. The van der Waals surface area contributed by atoms with Gasteiger partial charge in [0.05, 0.1) is 20.3 Å². The van der Waals surface area contributed by atoms with Crippen LogP contribution in [0.3, 0.4) is 0 Å². The van der Waals surface area contributed by atoms with Crippen LogP contribution in [0.15, 0.2) is 18.5 Å². The largest absolute Gasteiger partial charge is 0.496 e. The molecule has 2 aliphatic rings. The molecular formula is C18H24N4O3. The van der Waals surface area contributed by atoms with Crippen LogP contribution in [0.1, 0.15) is 36.6 Å². The first-order valence-electron chi connectivity index (χ1n) is 8.87. The monoisotopic (exact) mass is 344 g/mol. The minimum atomic E-state index is 0.405. The molecule has 3 heterocycles. The van der Waals surface area contributed by atoms with Gasteiger partial charge < -0.3 is 14.2 Å². The third kappa shape index (κ3) is 3.56. The minimum absolute atomic E-state index is 0.405. The Morgan fingerprint density at radius 3 is 2.84 bits per heavy atom. The van der Waals surface area contributed by atoms with Crippen molar-refractivity contribution in [3.8, 4) is 17.2 Å². The highest BCUT2D eigenvalue weighted by Crippen LogP contribution is 2.37. The lowest BCUT2D eigenvalue weighted by molar-refractivity contribution is 0.194. The average Bonchev–Trinajstić information content (AvgIpc) is 3.08. The summed E-state index contributed by atoms with van der Waals surface area (Å²) in [7, 11) is 1.70. The van der Waals surface area contributed by atoms with Gasteiger partial charge in [0, 0.05) is 37.1 Å². The van der Waals surface area contributed by atoms with Crippen molar-refractivity contribution in [3.05, 3.63) is 29.8 Å². The maximum Gasteiger partial charge on any atom is 0.164 e. The Bertz CT molecular complexity index is 705. The zero-order valence-electron chi connectivity index (χ0n) is 14.5. The number of nitrogens with zero attached hydrogens (tertiary/aromatic N) is 3. The molecule has 0 aliphatic carbocycles. The van der Waals surface area contributed by atoms with Crippen molar-refractivity contribution in [2.24, 2.45) is 0 Å². The summed E-state index contributed by atoms with van der Waals surface area (Å²) in [6.45, 7) is 4.23. The first-order valence-corrected chi connectivity index (χ1v) is 8.87. The van der Waals surface area contributed by atoms with Crippen molar-refractivity contribution in [1.82, 2.24) is 20.1 Å². The highest BCUT2D eigenvalue weighted by atomic mass is 16.5. The van der Waals surface area contributed by atoms with E-state index in [2.05, 4.69) is 26.1 Å². The summed E-state index contributed by atoms with van der Waals surface area (Å²) in [6.07, 6.45) is 4.78. The van der Waals surface area contributed by atoms with Crippen LogP contribution in [0.5, 0.6) is 17.2 Å². The van der Waals surface area contributed by atoms with Crippen molar-refractivity contribution in [2.75, 3.05) is 33.4 Å². The molecule has 1 aromatic carbocycles. The number of hydrogen-bond acceptors (Lipinski definition) is 6. The lowest BCUT2D eigenvalue weighted by Gasteiger charge is -2.32. The van der Waals surface area contributed by atoms with E-state index in [9.17, 15) is 0 Å². The summed E-state index contributed by atoms with van der Waals surface area (Å²) in [5.74, 6) is 3.83. The minimum Gasteiger partial charge on any atom is -0.496 e. The molecule has 134 valence electrons. The molecule has 0 radical (unpaired) electrons. The van der Waals surface area contributed by atoms with Gasteiger partial charge in [0.25, 0.3) is 0 Å². The highest BCUT2D eigenvalue weighted by Gasteiger charge is 2.25. The Morgan fingerprint density at radius 1 is 1.24 bits per heavy atom. The van der Waals surface area contributed by atoms with Crippen LogP contribution in [-0.2, 0) is 6.54 Å². The normalized spacial score (nSPS) is 20.9. The number of benzene rings is 1. The molecule has 1 fully saturated rings. The van der Waals surface area contributed by atoms with E-state index in [1.807, 2.05) is 6.07 Å². The van der Waals surface area contributed by atoms with Gasteiger partial charge in [-0.25, -0.2) is 4.98 Å². The van der Waals surface area contributed by atoms with Gasteiger partial charge in [0.15, 0.2) is 11.5 Å². The summed E-state index contributed by atoms with van der Waals surface area (Å²) in [5.41, 5.74) is 1.13. The van der Waals surface area contributed by atoms with Gasteiger partial charge >= 0.3 is 0 Å². The van der Waals surface area contributed by atoms with Gasteiger partial charge in [-0.15, -0.1) is 0 Å². The average molecular weight is 344 g/mol. The van der Waals surface area contributed by atoms with Gasteiger partial charge in [-0.3, -0.25) is 10.00 Å². The molecule has 7 nitrogen and oxygen atoms in total. The number of aromatic amines is 1. The molecule has 2 aliphatic heterocycles. The van der Waals surface area contributed by atoms with Gasteiger partial charge in [-0.1, -0.05) is 0 Å². The fourth-order valence-corrected chi connectivity index (χ4v) is 3.62. The Labute approximate surface area is 147 Å². The topological polar surface area (TPSA) is 72.5 Å². The molecule has 1 atom stereocenters. The second-order valence-corrected chi connectivity index (χ2v) is 6.61. The molecule has 1 N–H and O–H groups in total. The van der Waals surface area contributed by atoms with E-state index in [0.29, 0.717) is 19.1 Å². The Morgan fingerprint density at radius 2 is 2.08 bits per heavy atom. The predicted molar refractivity (Wildman–Crippen MR) is 92.2 cm³/mol. The molecular weight excluding hydrogens is 320 g/mol. The zero-order chi connectivity index (χ0) is 17.1. The van der Waals surface area contributed by atoms with Crippen molar-refractivity contribution in [2.45, 2.75) is 31.7 Å². The number of hydrogen-bond donors (Lipinski definition) is 1. The number of rotatable bonds is 4. The standard InChI is InChI=1S/C18H24N4O3/c1-23-15-9-17-16(24-6-3-7-25-17)8-14(15)11-22-5-2-4-13(10-22)18-19-12-20-21-18/h8-9,12-13H,2-7,10-11H2,1H3,(H,19,20,21). The van der Waals surface area contributed by atoms with E-state index in [-0.39, 0.29) is 0 Å². The second kappa shape index (κ2) is 7.31. The molecule has 25 heavy (non-hydrogen) atoms. The summed E-state index contributed by atoms with van der Waals surface area (Å²) < 4.78 is 17.2. The summed E-state index contributed by atoms with van der Waals surface area (Å²) in [4.78, 5) is 6.77. The van der Waals surface area contributed by atoms with E-state index in [1.165, 1.54) is 0 Å². The van der Waals surface area contributed by atoms with E-state index >= 15 is 0 Å². The van der Waals surface area contributed by atoms with Crippen LogP contribution in [0.2, 0.25) is 0 Å². The van der Waals surface area contributed by atoms with Crippen molar-refractivity contribution >= 4 is 0 Å².